The number of ether oxygens (including phenoxy) is 1. The molecule has 0 bridgehead atoms. The highest BCUT2D eigenvalue weighted by atomic mass is 79.9. The Morgan fingerprint density at radius 1 is 1.14 bits per heavy atom. The fourth-order valence-corrected chi connectivity index (χ4v) is 3.47. The number of esters is 1. The van der Waals surface area contributed by atoms with Gasteiger partial charge in [-0.15, -0.1) is 17.0 Å². The Kier molecular flexibility index (Phi) is 8.26. The molecule has 1 atom stereocenters. The first kappa shape index (κ1) is 22.2. The number of amidine groups is 1. The minimum Gasteiger partial charge on any atom is -0.468 e. The number of methoxy groups -OCH3 is 1. The van der Waals surface area contributed by atoms with Crippen molar-refractivity contribution in [3.63, 3.8) is 0 Å². The number of pyridine rings is 1. The van der Waals surface area contributed by atoms with Crippen LogP contribution in [0, 0.1) is 0 Å². The van der Waals surface area contributed by atoms with Gasteiger partial charge in [-0.05, 0) is 25.5 Å². The second kappa shape index (κ2) is 10.4. The SMILES string of the molecule is Br.CCC(C)N=C(Nc1c2ccccc2nc2ccccc12)SCC(=O)OC. The van der Waals surface area contributed by atoms with E-state index in [0.717, 1.165) is 33.9 Å². The monoisotopic (exact) mass is 461 g/mol. The van der Waals surface area contributed by atoms with Gasteiger partial charge in [0.15, 0.2) is 5.17 Å². The molecule has 0 radical (unpaired) electrons. The second-order valence-corrected chi connectivity index (χ2v) is 7.17. The van der Waals surface area contributed by atoms with E-state index >= 15 is 0 Å². The Hall–Kier alpha value is -2.12. The van der Waals surface area contributed by atoms with Crippen LogP contribution in [0.4, 0.5) is 5.69 Å². The number of aliphatic imine (C=N–C) groups is 1. The first-order valence-electron chi connectivity index (χ1n) is 8.94. The van der Waals surface area contributed by atoms with Crippen molar-refractivity contribution in [1.29, 1.82) is 0 Å². The van der Waals surface area contributed by atoms with Crippen molar-refractivity contribution in [1.82, 2.24) is 4.98 Å². The maximum Gasteiger partial charge on any atom is 0.316 e. The molecule has 1 N–H and O–H groups in total. The van der Waals surface area contributed by atoms with Crippen LogP contribution in [0.1, 0.15) is 20.3 Å². The molecule has 1 heterocycles. The van der Waals surface area contributed by atoms with Crippen LogP contribution < -0.4 is 5.32 Å². The van der Waals surface area contributed by atoms with Crippen molar-refractivity contribution in [3.8, 4) is 0 Å². The standard InChI is InChI=1S/C21H23N3O2S.BrH/c1-4-14(2)22-21(27-13-19(25)26-3)24-20-15-9-5-7-11-17(15)23-18-12-8-6-10-16(18)20;/h5-12,14H,4,13H2,1-3H3,(H,22,23,24);1H. The molecule has 3 rings (SSSR count). The van der Waals surface area contributed by atoms with Crippen LogP contribution in [-0.4, -0.2) is 35.0 Å². The quantitative estimate of drug-likeness (QED) is 0.237. The molecule has 3 aromatic rings. The summed E-state index contributed by atoms with van der Waals surface area (Å²) in [6, 6.07) is 16.2. The molecule has 0 saturated carbocycles. The minimum atomic E-state index is -0.275. The molecule has 0 spiro atoms. The highest BCUT2D eigenvalue weighted by Gasteiger charge is 2.13. The molecule has 0 saturated heterocycles. The highest BCUT2D eigenvalue weighted by Crippen LogP contribution is 2.31. The lowest BCUT2D eigenvalue weighted by Crippen LogP contribution is -2.16. The number of nitrogens with one attached hydrogen (secondary N) is 1. The van der Waals surface area contributed by atoms with Gasteiger partial charge in [0.25, 0.3) is 0 Å². The Bertz CT molecular complexity index is 940. The first-order valence-corrected chi connectivity index (χ1v) is 9.92. The van der Waals surface area contributed by atoms with Crippen LogP contribution >= 0.6 is 28.7 Å². The van der Waals surface area contributed by atoms with Crippen molar-refractivity contribution in [2.24, 2.45) is 4.99 Å². The lowest BCUT2D eigenvalue weighted by atomic mass is 10.1. The van der Waals surface area contributed by atoms with Gasteiger partial charge in [0.2, 0.25) is 0 Å². The van der Waals surface area contributed by atoms with Crippen LogP contribution in [0.15, 0.2) is 53.5 Å². The predicted octanol–water partition coefficient (Wildman–Crippen LogP) is 5.44. The number of hydrogen-bond donors (Lipinski definition) is 1. The number of halogens is 1. The van der Waals surface area contributed by atoms with Gasteiger partial charge in [0.1, 0.15) is 0 Å². The molecular weight excluding hydrogens is 438 g/mol. The van der Waals surface area contributed by atoms with Gasteiger partial charge >= 0.3 is 5.97 Å². The number of thioether (sulfide) groups is 1. The minimum absolute atomic E-state index is 0. The third-order valence-electron chi connectivity index (χ3n) is 4.30. The molecule has 0 aliphatic rings. The lowest BCUT2D eigenvalue weighted by molar-refractivity contribution is -0.137. The largest absolute Gasteiger partial charge is 0.468 e. The van der Waals surface area contributed by atoms with Crippen molar-refractivity contribution < 1.29 is 9.53 Å². The van der Waals surface area contributed by atoms with Gasteiger partial charge < -0.3 is 10.1 Å². The van der Waals surface area contributed by atoms with Crippen LogP contribution in [0.5, 0.6) is 0 Å². The molecule has 1 unspecified atom stereocenters. The molecule has 2 aromatic carbocycles. The number of aromatic nitrogens is 1. The molecule has 5 nitrogen and oxygen atoms in total. The summed E-state index contributed by atoms with van der Waals surface area (Å²) in [5.41, 5.74) is 2.79. The summed E-state index contributed by atoms with van der Waals surface area (Å²) in [4.78, 5) is 21.1. The van der Waals surface area contributed by atoms with E-state index in [9.17, 15) is 4.79 Å². The van der Waals surface area contributed by atoms with Crippen LogP contribution in [-0.2, 0) is 9.53 Å². The number of nitrogens with zero attached hydrogens (tertiary/aromatic N) is 2. The van der Waals surface area contributed by atoms with E-state index in [0.29, 0.717) is 5.17 Å². The maximum absolute atomic E-state index is 11.6. The summed E-state index contributed by atoms with van der Waals surface area (Å²) in [5, 5.41) is 6.22. The smallest absolute Gasteiger partial charge is 0.316 e. The predicted molar refractivity (Wildman–Crippen MR) is 125 cm³/mol. The summed E-state index contributed by atoms with van der Waals surface area (Å²) >= 11 is 1.35. The zero-order chi connectivity index (χ0) is 19.2. The van der Waals surface area contributed by atoms with E-state index in [1.807, 2.05) is 48.5 Å². The average molecular weight is 462 g/mol. The van der Waals surface area contributed by atoms with Gasteiger partial charge in [0.05, 0.1) is 29.6 Å². The molecule has 0 amide bonds. The molecule has 0 fully saturated rings. The van der Waals surface area contributed by atoms with Crippen LogP contribution in [0.25, 0.3) is 21.8 Å². The fourth-order valence-electron chi connectivity index (χ4n) is 2.66. The Morgan fingerprint density at radius 3 is 2.25 bits per heavy atom. The molecular formula is C21H24BrN3O2S. The fraction of sp³-hybridized carbons (Fsp3) is 0.286. The Balaban J connectivity index is 0.00000280. The molecule has 28 heavy (non-hydrogen) atoms. The Labute approximate surface area is 179 Å². The van der Waals surface area contributed by atoms with Gasteiger partial charge in [-0.3, -0.25) is 9.79 Å². The number of anilines is 1. The summed E-state index contributed by atoms with van der Waals surface area (Å²) in [5.74, 6) is -0.0669. The first-order chi connectivity index (χ1) is 13.1. The number of fused-ring (bicyclic) bond motifs is 2. The van der Waals surface area contributed by atoms with E-state index in [1.165, 1.54) is 18.9 Å². The number of benzene rings is 2. The topological polar surface area (TPSA) is 63.6 Å². The van der Waals surface area contributed by atoms with Crippen molar-refractivity contribution in [3.05, 3.63) is 48.5 Å². The normalized spacial score (nSPS) is 12.5. The number of carbonyl (C=O) groups is 1. The zero-order valence-corrected chi connectivity index (χ0v) is 18.7. The molecule has 7 heteroatoms. The Morgan fingerprint density at radius 2 is 1.71 bits per heavy atom. The van der Waals surface area contributed by atoms with Crippen molar-refractivity contribution in [2.75, 3.05) is 18.2 Å². The summed E-state index contributed by atoms with van der Waals surface area (Å²) < 4.78 is 4.77. The molecule has 0 aliphatic carbocycles. The van der Waals surface area contributed by atoms with E-state index in [2.05, 4.69) is 19.2 Å². The van der Waals surface area contributed by atoms with Crippen LogP contribution in [0.3, 0.4) is 0 Å². The number of para-hydroxylation sites is 2. The van der Waals surface area contributed by atoms with Crippen molar-refractivity contribution in [2.45, 2.75) is 26.3 Å². The third kappa shape index (κ3) is 5.23. The van der Waals surface area contributed by atoms with Gasteiger partial charge in [-0.1, -0.05) is 55.1 Å². The van der Waals surface area contributed by atoms with Gasteiger partial charge in [-0.2, -0.15) is 0 Å². The highest BCUT2D eigenvalue weighted by molar-refractivity contribution is 8.93. The van der Waals surface area contributed by atoms with Gasteiger partial charge in [-0.25, -0.2) is 4.98 Å². The average Bonchev–Trinajstić information content (AvgIpc) is 2.71. The maximum atomic E-state index is 11.6. The van der Waals surface area contributed by atoms with Crippen molar-refractivity contribution >= 4 is 67.4 Å². The summed E-state index contributed by atoms with van der Waals surface area (Å²) in [7, 11) is 1.39. The number of hydrogen-bond acceptors (Lipinski definition) is 5. The number of carbonyl (C=O) groups excluding carboxylic acids is 1. The molecule has 0 aliphatic heterocycles. The van der Waals surface area contributed by atoms with E-state index in [1.54, 1.807) is 0 Å². The molecule has 1 aromatic heterocycles. The van der Waals surface area contributed by atoms with E-state index in [-0.39, 0.29) is 34.7 Å². The zero-order valence-electron chi connectivity index (χ0n) is 16.1. The van der Waals surface area contributed by atoms with E-state index < -0.39 is 0 Å². The summed E-state index contributed by atoms with van der Waals surface area (Å²) in [6.45, 7) is 4.15. The molecule has 148 valence electrons. The number of rotatable bonds is 5. The van der Waals surface area contributed by atoms with Crippen LogP contribution in [0.2, 0.25) is 0 Å². The lowest BCUT2D eigenvalue weighted by Gasteiger charge is -2.16. The third-order valence-corrected chi connectivity index (χ3v) is 5.16. The van der Waals surface area contributed by atoms with Gasteiger partial charge in [0, 0.05) is 16.8 Å². The van der Waals surface area contributed by atoms with E-state index in [4.69, 9.17) is 14.7 Å². The second-order valence-electron chi connectivity index (χ2n) is 6.20. The summed E-state index contributed by atoms with van der Waals surface area (Å²) in [6.07, 6.45) is 0.918.